The number of rotatable bonds is 6. The van der Waals surface area contributed by atoms with Crippen molar-refractivity contribution < 1.29 is 13.2 Å². The van der Waals surface area contributed by atoms with Crippen LogP contribution in [0.5, 0.6) is 0 Å². The van der Waals surface area contributed by atoms with E-state index in [9.17, 15) is 13.2 Å². The lowest BCUT2D eigenvalue weighted by atomic mass is 10.1. The summed E-state index contributed by atoms with van der Waals surface area (Å²) < 4.78 is 26.0. The predicted molar refractivity (Wildman–Crippen MR) is 123 cm³/mol. The molecular weight excluding hydrogens is 396 g/mol. The fraction of sp³-hybridized carbons (Fsp3) is 0.208. The maximum atomic E-state index is 12.5. The summed E-state index contributed by atoms with van der Waals surface area (Å²) in [6.07, 6.45) is 1.20. The SMILES string of the molecule is Cc1cccc(N(Cc2ccc(C(=O)Nc3ccc(C)c(C)c3)cc2)S(C)(=O)=O)c1. The van der Waals surface area contributed by atoms with E-state index in [2.05, 4.69) is 5.32 Å². The molecule has 0 saturated heterocycles. The fourth-order valence-electron chi connectivity index (χ4n) is 3.13. The first-order valence-corrected chi connectivity index (χ1v) is 11.5. The van der Waals surface area contributed by atoms with E-state index in [4.69, 9.17) is 0 Å². The first-order chi connectivity index (χ1) is 14.1. The van der Waals surface area contributed by atoms with Crippen LogP contribution in [-0.4, -0.2) is 20.6 Å². The summed E-state index contributed by atoms with van der Waals surface area (Å²) in [5.74, 6) is -0.205. The molecule has 3 aromatic rings. The summed E-state index contributed by atoms with van der Waals surface area (Å²) in [5, 5.41) is 2.90. The molecule has 0 bridgehead atoms. The van der Waals surface area contributed by atoms with Crippen molar-refractivity contribution in [1.29, 1.82) is 0 Å². The number of sulfonamides is 1. The molecular formula is C24H26N2O3S. The first-order valence-electron chi connectivity index (χ1n) is 9.65. The lowest BCUT2D eigenvalue weighted by molar-refractivity contribution is 0.102. The maximum absolute atomic E-state index is 12.5. The second kappa shape index (κ2) is 8.71. The maximum Gasteiger partial charge on any atom is 0.255 e. The third kappa shape index (κ3) is 5.27. The third-order valence-electron chi connectivity index (χ3n) is 5.00. The van der Waals surface area contributed by atoms with Gasteiger partial charge in [0, 0.05) is 11.3 Å². The van der Waals surface area contributed by atoms with Gasteiger partial charge >= 0.3 is 0 Å². The number of anilines is 2. The molecule has 30 heavy (non-hydrogen) atoms. The Morgan fingerprint density at radius 1 is 0.900 bits per heavy atom. The average molecular weight is 423 g/mol. The molecule has 3 rings (SSSR count). The summed E-state index contributed by atoms with van der Waals surface area (Å²) in [6, 6.07) is 20.1. The number of benzene rings is 3. The molecule has 156 valence electrons. The number of hydrogen-bond donors (Lipinski definition) is 1. The van der Waals surface area contributed by atoms with E-state index in [1.807, 2.05) is 57.2 Å². The van der Waals surface area contributed by atoms with E-state index in [0.717, 1.165) is 22.4 Å². The van der Waals surface area contributed by atoms with Gasteiger partial charge in [-0.2, -0.15) is 0 Å². The molecule has 0 aliphatic rings. The molecule has 0 fully saturated rings. The number of nitrogens with one attached hydrogen (secondary N) is 1. The van der Waals surface area contributed by atoms with Gasteiger partial charge in [-0.25, -0.2) is 8.42 Å². The minimum Gasteiger partial charge on any atom is -0.322 e. The van der Waals surface area contributed by atoms with E-state index >= 15 is 0 Å². The summed E-state index contributed by atoms with van der Waals surface area (Å²) in [4.78, 5) is 12.5. The van der Waals surface area contributed by atoms with Crippen LogP contribution in [0.2, 0.25) is 0 Å². The van der Waals surface area contributed by atoms with Crippen molar-refractivity contribution in [1.82, 2.24) is 0 Å². The smallest absolute Gasteiger partial charge is 0.255 e. The van der Waals surface area contributed by atoms with Crippen LogP contribution in [-0.2, 0) is 16.6 Å². The van der Waals surface area contributed by atoms with E-state index in [1.54, 1.807) is 30.3 Å². The molecule has 0 heterocycles. The van der Waals surface area contributed by atoms with Gasteiger partial charge in [0.2, 0.25) is 10.0 Å². The van der Waals surface area contributed by atoms with E-state index < -0.39 is 10.0 Å². The molecule has 1 amide bonds. The fourth-order valence-corrected chi connectivity index (χ4v) is 4.01. The van der Waals surface area contributed by atoms with Crippen LogP contribution >= 0.6 is 0 Å². The van der Waals surface area contributed by atoms with Gasteiger partial charge in [0.15, 0.2) is 0 Å². The van der Waals surface area contributed by atoms with Crippen LogP contribution in [0.25, 0.3) is 0 Å². The van der Waals surface area contributed by atoms with E-state index in [-0.39, 0.29) is 12.5 Å². The van der Waals surface area contributed by atoms with Crippen molar-refractivity contribution >= 4 is 27.3 Å². The third-order valence-corrected chi connectivity index (χ3v) is 6.14. The largest absolute Gasteiger partial charge is 0.322 e. The Hall–Kier alpha value is -3.12. The normalized spacial score (nSPS) is 11.2. The van der Waals surface area contributed by atoms with E-state index in [1.165, 1.54) is 16.1 Å². The Morgan fingerprint density at radius 3 is 2.20 bits per heavy atom. The number of aryl methyl sites for hydroxylation is 3. The summed E-state index contributed by atoms with van der Waals surface area (Å²) in [7, 11) is -3.45. The lowest BCUT2D eigenvalue weighted by Gasteiger charge is -2.23. The summed E-state index contributed by atoms with van der Waals surface area (Å²) in [5.41, 5.74) is 5.94. The van der Waals surface area contributed by atoms with Crippen LogP contribution < -0.4 is 9.62 Å². The number of carbonyl (C=O) groups is 1. The molecule has 6 heteroatoms. The van der Waals surface area contributed by atoms with Crippen LogP contribution in [0.1, 0.15) is 32.6 Å². The molecule has 0 atom stereocenters. The van der Waals surface area contributed by atoms with Gasteiger partial charge in [-0.1, -0.05) is 30.3 Å². The molecule has 0 unspecified atom stereocenters. The van der Waals surface area contributed by atoms with Gasteiger partial charge < -0.3 is 5.32 Å². The van der Waals surface area contributed by atoms with E-state index in [0.29, 0.717) is 11.3 Å². The zero-order chi connectivity index (χ0) is 21.9. The van der Waals surface area contributed by atoms with Crippen molar-refractivity contribution in [3.8, 4) is 0 Å². The quantitative estimate of drug-likeness (QED) is 0.619. The van der Waals surface area contributed by atoms with Crippen molar-refractivity contribution in [3.63, 3.8) is 0 Å². The van der Waals surface area contributed by atoms with Gasteiger partial charge in [-0.05, 0) is 79.4 Å². The number of amides is 1. The molecule has 3 aromatic carbocycles. The monoisotopic (exact) mass is 422 g/mol. The highest BCUT2D eigenvalue weighted by Gasteiger charge is 2.18. The number of carbonyl (C=O) groups excluding carboxylic acids is 1. The van der Waals surface area contributed by atoms with Gasteiger partial charge in [0.05, 0.1) is 18.5 Å². The second-order valence-electron chi connectivity index (χ2n) is 7.56. The number of nitrogens with zero attached hydrogens (tertiary/aromatic N) is 1. The Balaban J connectivity index is 1.76. The topological polar surface area (TPSA) is 66.5 Å². The molecule has 0 spiro atoms. The Morgan fingerprint density at radius 2 is 1.60 bits per heavy atom. The van der Waals surface area contributed by atoms with Crippen molar-refractivity contribution in [2.75, 3.05) is 15.9 Å². The lowest BCUT2D eigenvalue weighted by Crippen LogP contribution is -2.29. The van der Waals surface area contributed by atoms with Crippen molar-refractivity contribution in [2.45, 2.75) is 27.3 Å². The van der Waals surface area contributed by atoms with Crippen LogP contribution in [0.3, 0.4) is 0 Å². The summed E-state index contributed by atoms with van der Waals surface area (Å²) in [6.45, 7) is 6.14. The second-order valence-corrected chi connectivity index (χ2v) is 9.47. The van der Waals surface area contributed by atoms with Crippen molar-refractivity contribution in [3.05, 3.63) is 94.5 Å². The number of hydrogen-bond acceptors (Lipinski definition) is 3. The van der Waals surface area contributed by atoms with Crippen LogP contribution in [0.4, 0.5) is 11.4 Å². The molecule has 0 saturated carbocycles. The highest BCUT2D eigenvalue weighted by atomic mass is 32.2. The molecule has 0 aromatic heterocycles. The Labute approximate surface area is 178 Å². The van der Waals surface area contributed by atoms with Gasteiger partial charge in [-0.3, -0.25) is 9.10 Å². The predicted octanol–water partition coefficient (Wildman–Crippen LogP) is 4.83. The van der Waals surface area contributed by atoms with Crippen LogP contribution in [0.15, 0.2) is 66.7 Å². The molecule has 0 aliphatic carbocycles. The first kappa shape index (κ1) is 21.6. The zero-order valence-electron chi connectivity index (χ0n) is 17.6. The Kier molecular flexibility index (Phi) is 6.27. The molecule has 0 radical (unpaired) electrons. The van der Waals surface area contributed by atoms with Gasteiger partial charge in [-0.15, -0.1) is 0 Å². The summed E-state index contributed by atoms with van der Waals surface area (Å²) >= 11 is 0. The minimum atomic E-state index is -3.45. The van der Waals surface area contributed by atoms with Gasteiger partial charge in [0.25, 0.3) is 5.91 Å². The highest BCUT2D eigenvalue weighted by molar-refractivity contribution is 7.92. The van der Waals surface area contributed by atoms with Gasteiger partial charge in [0.1, 0.15) is 0 Å². The molecule has 0 aliphatic heterocycles. The molecule has 5 nitrogen and oxygen atoms in total. The van der Waals surface area contributed by atoms with Crippen LogP contribution in [0, 0.1) is 20.8 Å². The van der Waals surface area contributed by atoms with Crippen molar-refractivity contribution in [2.24, 2.45) is 0 Å². The minimum absolute atomic E-state index is 0.196. The molecule has 1 N–H and O–H groups in total. The highest BCUT2D eigenvalue weighted by Crippen LogP contribution is 2.22. The Bertz CT molecular complexity index is 1170. The average Bonchev–Trinajstić information content (AvgIpc) is 2.68. The zero-order valence-corrected chi connectivity index (χ0v) is 18.5. The standard InChI is InChI=1S/C24H26N2O3S/c1-17-6-5-7-23(14-17)26(30(4,28)29)16-20-9-11-21(12-10-20)24(27)25-22-13-8-18(2)19(3)15-22/h5-15H,16H2,1-4H3,(H,25,27).